The minimum atomic E-state index is -1.06. The number of nitrogens with zero attached hydrogens (tertiary/aromatic N) is 1. The van der Waals surface area contributed by atoms with Crippen molar-refractivity contribution in [3.63, 3.8) is 0 Å². The molecule has 164 valence electrons. The lowest BCUT2D eigenvalue weighted by atomic mass is 9.93. The molecule has 0 atom stereocenters. The van der Waals surface area contributed by atoms with Crippen LogP contribution >= 0.6 is 11.6 Å². The van der Waals surface area contributed by atoms with Crippen LogP contribution in [0.15, 0.2) is 48.2 Å². The van der Waals surface area contributed by atoms with Gasteiger partial charge in [-0.2, -0.15) is 0 Å². The normalized spacial score (nSPS) is 15.5. The maximum Gasteiger partial charge on any atom is 0.344 e. The Hall–Kier alpha value is -2.67. The molecule has 3 rings (SSSR count). The second-order valence-electron chi connectivity index (χ2n) is 7.74. The highest BCUT2D eigenvalue weighted by atomic mass is 35.5. The van der Waals surface area contributed by atoms with E-state index < -0.39 is 17.4 Å². The fourth-order valence-corrected chi connectivity index (χ4v) is 3.84. The van der Waals surface area contributed by atoms with Gasteiger partial charge < -0.3 is 9.47 Å². The van der Waals surface area contributed by atoms with E-state index in [2.05, 4.69) is 0 Å². The highest BCUT2D eigenvalue weighted by Crippen LogP contribution is 2.43. The molecule has 0 saturated carbocycles. The molecular weight excluding hydrogens is 418 g/mol. The van der Waals surface area contributed by atoms with E-state index in [1.54, 1.807) is 38.1 Å². The first-order valence-corrected chi connectivity index (χ1v) is 10.4. The number of hydrogen-bond donors (Lipinski definition) is 0. The summed E-state index contributed by atoms with van der Waals surface area (Å²) in [5.74, 6) is -0.836. The van der Waals surface area contributed by atoms with Crippen LogP contribution in [0.2, 0.25) is 5.02 Å². The summed E-state index contributed by atoms with van der Waals surface area (Å²) in [5.41, 5.74) is 1.93. The third kappa shape index (κ3) is 4.37. The van der Waals surface area contributed by atoms with Gasteiger partial charge in [-0.25, -0.2) is 14.7 Å². The minimum absolute atomic E-state index is 0.0998. The molecule has 7 heteroatoms. The van der Waals surface area contributed by atoms with Crippen molar-refractivity contribution in [1.82, 2.24) is 5.06 Å². The average Bonchev–Trinajstić information content (AvgIpc) is 2.89. The maximum atomic E-state index is 13.5. The Kier molecular flexibility index (Phi) is 6.84. The predicted octanol–water partition coefficient (Wildman–Crippen LogP) is 5.07. The van der Waals surface area contributed by atoms with E-state index in [0.717, 1.165) is 11.1 Å². The van der Waals surface area contributed by atoms with Gasteiger partial charge >= 0.3 is 5.97 Å². The van der Waals surface area contributed by atoms with Crippen molar-refractivity contribution >= 4 is 29.1 Å². The van der Waals surface area contributed by atoms with Gasteiger partial charge in [0.1, 0.15) is 11.3 Å². The van der Waals surface area contributed by atoms with Crippen LogP contribution in [-0.4, -0.2) is 35.9 Å². The molecule has 0 N–H and O–H groups in total. The van der Waals surface area contributed by atoms with Gasteiger partial charge in [-0.1, -0.05) is 41.9 Å². The molecule has 2 aromatic carbocycles. The lowest BCUT2D eigenvalue weighted by Crippen LogP contribution is -2.44. The molecule has 1 aliphatic rings. The molecule has 1 amide bonds. The second-order valence-corrected chi connectivity index (χ2v) is 8.15. The van der Waals surface area contributed by atoms with Crippen molar-refractivity contribution in [3.05, 3.63) is 75.5 Å². The molecule has 0 bridgehead atoms. The molecule has 0 fully saturated rings. The van der Waals surface area contributed by atoms with E-state index >= 15 is 0 Å². The molecule has 0 radical (unpaired) electrons. The van der Waals surface area contributed by atoms with Crippen LogP contribution in [0.1, 0.15) is 47.8 Å². The number of hydrogen-bond acceptors (Lipinski definition) is 5. The van der Waals surface area contributed by atoms with Gasteiger partial charge in [0.25, 0.3) is 5.91 Å². The summed E-state index contributed by atoms with van der Waals surface area (Å²) in [5, 5.41) is 1.48. The number of aryl methyl sites for hydroxylation is 2. The quantitative estimate of drug-likeness (QED) is 0.339. The van der Waals surface area contributed by atoms with Crippen LogP contribution in [0.4, 0.5) is 0 Å². The van der Waals surface area contributed by atoms with Gasteiger partial charge in [0.05, 0.1) is 16.2 Å². The van der Waals surface area contributed by atoms with E-state index in [4.69, 9.17) is 25.9 Å². The number of ether oxygens (including phenoxy) is 2. The molecule has 1 aliphatic heterocycles. The van der Waals surface area contributed by atoms with Gasteiger partial charge in [0, 0.05) is 6.61 Å². The van der Waals surface area contributed by atoms with Crippen LogP contribution in [0, 0.1) is 13.8 Å². The van der Waals surface area contributed by atoms with Gasteiger partial charge in [-0.05, 0) is 63.4 Å². The van der Waals surface area contributed by atoms with Crippen LogP contribution < -0.4 is 0 Å². The summed E-state index contributed by atoms with van der Waals surface area (Å²) in [6.45, 7) is 9.50. The number of amides is 1. The predicted molar refractivity (Wildman–Crippen MR) is 118 cm³/mol. The van der Waals surface area contributed by atoms with E-state index in [9.17, 15) is 9.59 Å². The third-order valence-corrected chi connectivity index (χ3v) is 5.51. The van der Waals surface area contributed by atoms with Crippen molar-refractivity contribution in [2.45, 2.75) is 40.2 Å². The highest BCUT2D eigenvalue weighted by molar-refractivity contribution is 6.33. The van der Waals surface area contributed by atoms with Crippen molar-refractivity contribution in [1.29, 1.82) is 0 Å². The zero-order valence-corrected chi connectivity index (χ0v) is 19.1. The van der Waals surface area contributed by atoms with Crippen LogP contribution in [0.5, 0.6) is 0 Å². The van der Waals surface area contributed by atoms with E-state index in [0.29, 0.717) is 12.2 Å². The average molecular weight is 444 g/mol. The summed E-state index contributed by atoms with van der Waals surface area (Å²) < 4.78 is 11.1. The summed E-state index contributed by atoms with van der Waals surface area (Å²) in [7, 11) is 0. The van der Waals surface area contributed by atoms with Gasteiger partial charge in [-0.15, -0.1) is 0 Å². The van der Waals surface area contributed by atoms with Gasteiger partial charge in [0.2, 0.25) is 0 Å². The summed E-state index contributed by atoms with van der Waals surface area (Å²) in [6.07, 6.45) is 0. The molecule has 0 saturated heterocycles. The van der Waals surface area contributed by atoms with E-state index in [1.165, 1.54) is 5.06 Å². The maximum absolute atomic E-state index is 13.5. The van der Waals surface area contributed by atoms with Crippen LogP contribution in [-0.2, 0) is 19.1 Å². The molecule has 0 unspecified atom stereocenters. The SMILES string of the molecule is CCOCON1C(=O)C(c2c(C)cccc2C)=C(OC(=O)c2ccccc2Cl)C1(C)C. The molecule has 0 aliphatic carbocycles. The Labute approximate surface area is 187 Å². The van der Waals surface area contributed by atoms with Crippen LogP contribution in [0.25, 0.3) is 5.57 Å². The van der Waals surface area contributed by atoms with E-state index in [-0.39, 0.29) is 28.7 Å². The van der Waals surface area contributed by atoms with Gasteiger partial charge in [0.15, 0.2) is 6.79 Å². The molecule has 0 spiro atoms. The fourth-order valence-electron chi connectivity index (χ4n) is 3.62. The number of carbonyl (C=O) groups excluding carboxylic acids is 2. The first kappa shape index (κ1) is 23.0. The van der Waals surface area contributed by atoms with E-state index in [1.807, 2.05) is 39.0 Å². The zero-order valence-electron chi connectivity index (χ0n) is 18.3. The Balaban J connectivity index is 2.12. The Bertz CT molecular complexity index is 1020. The third-order valence-electron chi connectivity index (χ3n) is 5.18. The number of hydroxylamine groups is 2. The van der Waals surface area contributed by atoms with Gasteiger partial charge in [-0.3, -0.25) is 4.79 Å². The second kappa shape index (κ2) is 9.22. The molecule has 2 aromatic rings. The molecular formula is C24H26ClNO5. The summed E-state index contributed by atoms with van der Waals surface area (Å²) in [6, 6.07) is 12.4. The smallest absolute Gasteiger partial charge is 0.344 e. The fraction of sp³-hybridized carbons (Fsp3) is 0.333. The molecule has 1 heterocycles. The number of rotatable bonds is 7. The number of benzene rings is 2. The Morgan fingerprint density at radius 2 is 1.71 bits per heavy atom. The largest absolute Gasteiger partial charge is 0.424 e. The number of esters is 1. The van der Waals surface area contributed by atoms with Crippen molar-refractivity contribution < 1.29 is 23.9 Å². The topological polar surface area (TPSA) is 65.1 Å². The first-order chi connectivity index (χ1) is 14.7. The highest BCUT2D eigenvalue weighted by Gasteiger charge is 2.50. The van der Waals surface area contributed by atoms with Crippen molar-refractivity contribution in [2.24, 2.45) is 0 Å². The van der Waals surface area contributed by atoms with Crippen LogP contribution in [0.3, 0.4) is 0 Å². The zero-order chi connectivity index (χ0) is 22.8. The molecule has 0 aromatic heterocycles. The Morgan fingerprint density at radius 3 is 2.32 bits per heavy atom. The van der Waals surface area contributed by atoms with Crippen molar-refractivity contribution in [2.75, 3.05) is 13.4 Å². The lowest BCUT2D eigenvalue weighted by Gasteiger charge is -2.31. The summed E-state index contributed by atoms with van der Waals surface area (Å²) in [4.78, 5) is 32.1. The standard InChI is InChI=1S/C24H26ClNO5/c1-6-29-14-30-26-22(27)20(19-15(2)10-9-11-16(19)3)21(24(26,4)5)31-23(28)17-12-7-8-13-18(17)25/h7-13H,6,14H2,1-5H3. The number of carbonyl (C=O) groups is 2. The monoisotopic (exact) mass is 443 g/mol. The minimum Gasteiger partial charge on any atom is -0.424 e. The van der Waals surface area contributed by atoms with Crippen molar-refractivity contribution in [3.8, 4) is 0 Å². The lowest BCUT2D eigenvalue weighted by molar-refractivity contribution is -0.242. The number of halogens is 1. The molecule has 31 heavy (non-hydrogen) atoms. The first-order valence-electron chi connectivity index (χ1n) is 10.0. The summed E-state index contributed by atoms with van der Waals surface area (Å²) >= 11 is 6.19. The molecule has 6 nitrogen and oxygen atoms in total. The Morgan fingerprint density at radius 1 is 1.06 bits per heavy atom.